The molecule has 4 heteroatoms. The van der Waals surface area contributed by atoms with Crippen LogP contribution in [-0.2, 0) is 13.0 Å². The Labute approximate surface area is 99.9 Å². The molecule has 0 saturated heterocycles. The maximum absolute atomic E-state index is 3.95. The molecular weight excluding hydrogens is 218 g/mol. The summed E-state index contributed by atoms with van der Waals surface area (Å²) in [4.78, 5) is 2.85. The molecule has 0 aromatic carbocycles. The van der Waals surface area contributed by atoms with Crippen LogP contribution < -0.4 is 5.32 Å². The number of hydrogen-bond donors (Lipinski definition) is 2. The standard InChI is InChI=1S/C12H17N3S/c1-3-11-4-5-12(16-11)8-13-9(2)10-6-14-15-7-10/h4-7,9,13H,3,8H2,1-2H3,(H,14,15). The number of aromatic nitrogens is 2. The van der Waals surface area contributed by atoms with Crippen LogP contribution >= 0.6 is 11.3 Å². The van der Waals surface area contributed by atoms with Gasteiger partial charge in [-0.05, 0) is 25.5 Å². The van der Waals surface area contributed by atoms with Gasteiger partial charge in [0.1, 0.15) is 0 Å². The highest BCUT2D eigenvalue weighted by atomic mass is 32.1. The van der Waals surface area contributed by atoms with Crippen molar-refractivity contribution in [2.24, 2.45) is 0 Å². The van der Waals surface area contributed by atoms with Gasteiger partial charge in [0, 0.05) is 34.1 Å². The van der Waals surface area contributed by atoms with Crippen molar-refractivity contribution in [3.8, 4) is 0 Å². The van der Waals surface area contributed by atoms with Gasteiger partial charge in [0.25, 0.3) is 0 Å². The summed E-state index contributed by atoms with van der Waals surface area (Å²) in [6, 6.07) is 4.76. The number of aromatic amines is 1. The lowest BCUT2D eigenvalue weighted by Crippen LogP contribution is -2.16. The average Bonchev–Trinajstić information content (AvgIpc) is 2.96. The lowest BCUT2D eigenvalue weighted by molar-refractivity contribution is 0.579. The largest absolute Gasteiger partial charge is 0.305 e. The number of hydrogen-bond acceptors (Lipinski definition) is 3. The highest BCUT2D eigenvalue weighted by Crippen LogP contribution is 2.18. The molecule has 2 N–H and O–H groups in total. The topological polar surface area (TPSA) is 40.7 Å². The van der Waals surface area contributed by atoms with E-state index in [1.54, 1.807) is 0 Å². The first kappa shape index (κ1) is 11.4. The summed E-state index contributed by atoms with van der Waals surface area (Å²) in [6.07, 6.45) is 4.93. The van der Waals surface area contributed by atoms with Crippen molar-refractivity contribution in [1.82, 2.24) is 15.5 Å². The van der Waals surface area contributed by atoms with E-state index in [0.717, 1.165) is 13.0 Å². The van der Waals surface area contributed by atoms with Crippen LogP contribution in [0.4, 0.5) is 0 Å². The number of nitrogens with zero attached hydrogens (tertiary/aromatic N) is 1. The molecule has 0 saturated carbocycles. The predicted molar refractivity (Wildman–Crippen MR) is 67.5 cm³/mol. The Morgan fingerprint density at radius 3 is 2.88 bits per heavy atom. The van der Waals surface area contributed by atoms with Gasteiger partial charge in [-0.25, -0.2) is 0 Å². The molecule has 16 heavy (non-hydrogen) atoms. The van der Waals surface area contributed by atoms with Crippen LogP contribution in [0, 0.1) is 0 Å². The number of nitrogens with one attached hydrogen (secondary N) is 2. The zero-order valence-corrected chi connectivity index (χ0v) is 10.5. The van der Waals surface area contributed by atoms with Crippen molar-refractivity contribution in [1.29, 1.82) is 0 Å². The van der Waals surface area contributed by atoms with Crippen LogP contribution in [-0.4, -0.2) is 10.2 Å². The molecule has 0 fully saturated rings. The maximum Gasteiger partial charge on any atom is 0.0534 e. The third kappa shape index (κ3) is 2.71. The quantitative estimate of drug-likeness (QED) is 0.836. The van der Waals surface area contributed by atoms with Crippen molar-refractivity contribution in [3.63, 3.8) is 0 Å². The molecule has 0 spiro atoms. The van der Waals surface area contributed by atoms with E-state index in [9.17, 15) is 0 Å². The Kier molecular flexibility index (Phi) is 3.74. The summed E-state index contributed by atoms with van der Waals surface area (Å²) in [5.41, 5.74) is 1.20. The molecule has 0 radical (unpaired) electrons. The number of aryl methyl sites for hydroxylation is 1. The Morgan fingerprint density at radius 2 is 2.25 bits per heavy atom. The smallest absolute Gasteiger partial charge is 0.0534 e. The Bertz CT molecular complexity index is 419. The van der Waals surface area contributed by atoms with Gasteiger partial charge in [0.15, 0.2) is 0 Å². The van der Waals surface area contributed by atoms with E-state index in [0.29, 0.717) is 6.04 Å². The molecule has 1 atom stereocenters. The van der Waals surface area contributed by atoms with Crippen molar-refractivity contribution >= 4 is 11.3 Å². The van der Waals surface area contributed by atoms with E-state index >= 15 is 0 Å². The van der Waals surface area contributed by atoms with Gasteiger partial charge in [0.05, 0.1) is 6.20 Å². The molecule has 2 aromatic heterocycles. The molecule has 0 amide bonds. The molecule has 0 aliphatic rings. The van der Waals surface area contributed by atoms with Crippen LogP contribution in [0.3, 0.4) is 0 Å². The fourth-order valence-corrected chi connectivity index (χ4v) is 2.49. The van der Waals surface area contributed by atoms with E-state index in [2.05, 4.69) is 41.5 Å². The zero-order chi connectivity index (χ0) is 11.4. The Hall–Kier alpha value is -1.13. The summed E-state index contributed by atoms with van der Waals surface area (Å²) in [5, 5.41) is 10.3. The summed E-state index contributed by atoms with van der Waals surface area (Å²) in [6.45, 7) is 5.27. The molecule has 2 heterocycles. The zero-order valence-electron chi connectivity index (χ0n) is 9.66. The molecule has 0 bridgehead atoms. The number of thiophene rings is 1. The molecule has 1 unspecified atom stereocenters. The van der Waals surface area contributed by atoms with E-state index in [1.165, 1.54) is 15.3 Å². The summed E-state index contributed by atoms with van der Waals surface area (Å²) in [5.74, 6) is 0. The summed E-state index contributed by atoms with van der Waals surface area (Å²) in [7, 11) is 0. The first-order valence-corrected chi connectivity index (χ1v) is 6.41. The SMILES string of the molecule is CCc1ccc(CNC(C)c2cn[nH]c2)s1. The summed E-state index contributed by atoms with van der Waals surface area (Å²) >= 11 is 1.89. The van der Waals surface area contributed by atoms with Crippen LogP contribution in [0.2, 0.25) is 0 Å². The van der Waals surface area contributed by atoms with Gasteiger partial charge in [-0.3, -0.25) is 5.10 Å². The second-order valence-electron chi connectivity index (χ2n) is 3.86. The molecule has 2 rings (SSSR count). The fraction of sp³-hybridized carbons (Fsp3) is 0.417. The first-order valence-electron chi connectivity index (χ1n) is 5.59. The molecule has 3 nitrogen and oxygen atoms in total. The monoisotopic (exact) mass is 235 g/mol. The van der Waals surface area contributed by atoms with Gasteiger partial charge in [0.2, 0.25) is 0 Å². The first-order chi connectivity index (χ1) is 7.79. The van der Waals surface area contributed by atoms with Gasteiger partial charge in [-0.2, -0.15) is 5.10 Å². The van der Waals surface area contributed by atoms with E-state index < -0.39 is 0 Å². The number of H-pyrrole nitrogens is 1. The second kappa shape index (κ2) is 5.27. The maximum atomic E-state index is 3.95. The molecule has 86 valence electrons. The lowest BCUT2D eigenvalue weighted by atomic mass is 10.2. The third-order valence-corrected chi connectivity index (χ3v) is 3.90. The summed E-state index contributed by atoms with van der Waals surface area (Å²) < 4.78 is 0. The minimum Gasteiger partial charge on any atom is -0.305 e. The minimum atomic E-state index is 0.339. The normalized spacial score (nSPS) is 12.9. The Morgan fingerprint density at radius 1 is 1.44 bits per heavy atom. The van der Waals surface area contributed by atoms with E-state index in [-0.39, 0.29) is 0 Å². The van der Waals surface area contributed by atoms with Crippen molar-refractivity contribution in [3.05, 3.63) is 39.8 Å². The number of rotatable bonds is 5. The highest BCUT2D eigenvalue weighted by molar-refractivity contribution is 7.11. The Balaban J connectivity index is 1.87. The van der Waals surface area contributed by atoms with Crippen LogP contribution in [0.5, 0.6) is 0 Å². The van der Waals surface area contributed by atoms with Gasteiger partial charge in [-0.1, -0.05) is 6.92 Å². The fourth-order valence-electron chi connectivity index (χ4n) is 1.58. The van der Waals surface area contributed by atoms with Crippen molar-refractivity contribution in [2.75, 3.05) is 0 Å². The average molecular weight is 235 g/mol. The van der Waals surface area contributed by atoms with Gasteiger partial charge >= 0.3 is 0 Å². The van der Waals surface area contributed by atoms with Gasteiger partial charge in [-0.15, -0.1) is 11.3 Å². The molecule has 2 aromatic rings. The van der Waals surface area contributed by atoms with Gasteiger partial charge < -0.3 is 5.32 Å². The van der Waals surface area contributed by atoms with Crippen LogP contribution in [0.25, 0.3) is 0 Å². The van der Waals surface area contributed by atoms with Crippen LogP contribution in [0.1, 0.15) is 35.2 Å². The molecular formula is C12H17N3S. The predicted octanol–water partition coefficient (Wildman–Crippen LogP) is 2.88. The third-order valence-electron chi connectivity index (χ3n) is 2.67. The molecule has 0 aliphatic heterocycles. The lowest BCUT2D eigenvalue weighted by Gasteiger charge is -2.10. The van der Waals surface area contributed by atoms with Crippen LogP contribution in [0.15, 0.2) is 24.5 Å². The van der Waals surface area contributed by atoms with Crippen molar-refractivity contribution in [2.45, 2.75) is 32.9 Å². The minimum absolute atomic E-state index is 0.339. The molecule has 0 aliphatic carbocycles. The highest BCUT2D eigenvalue weighted by Gasteiger charge is 2.06. The second-order valence-corrected chi connectivity index (χ2v) is 5.11. The van der Waals surface area contributed by atoms with E-state index in [4.69, 9.17) is 0 Å². The van der Waals surface area contributed by atoms with Crippen molar-refractivity contribution < 1.29 is 0 Å². The van der Waals surface area contributed by atoms with E-state index in [1.807, 2.05) is 23.7 Å².